The molecule has 0 fully saturated rings. The second kappa shape index (κ2) is 5.28. The molecule has 0 aliphatic heterocycles. The van der Waals surface area contributed by atoms with E-state index < -0.39 is 0 Å². The normalized spacial score (nSPS) is 10.8. The highest BCUT2D eigenvalue weighted by atomic mass is 16.5. The molecule has 0 aliphatic carbocycles. The van der Waals surface area contributed by atoms with Gasteiger partial charge in [0.15, 0.2) is 0 Å². The molecule has 0 bridgehead atoms. The lowest BCUT2D eigenvalue weighted by Gasteiger charge is -1.99. The SMILES string of the molecule is Cc1cc(CNC(=O)c2cc(-c3cccn3C)n[nH]2)no1. The average molecular weight is 285 g/mol. The van der Waals surface area contributed by atoms with Gasteiger partial charge in [0.2, 0.25) is 0 Å². The van der Waals surface area contributed by atoms with Crippen molar-refractivity contribution in [1.29, 1.82) is 0 Å². The number of H-pyrrole nitrogens is 1. The Morgan fingerprint density at radius 1 is 1.48 bits per heavy atom. The smallest absolute Gasteiger partial charge is 0.269 e. The minimum Gasteiger partial charge on any atom is -0.361 e. The van der Waals surface area contributed by atoms with Crippen LogP contribution in [0.4, 0.5) is 0 Å². The van der Waals surface area contributed by atoms with Crippen LogP contribution in [0, 0.1) is 6.92 Å². The van der Waals surface area contributed by atoms with Crippen molar-refractivity contribution < 1.29 is 9.32 Å². The number of nitrogens with one attached hydrogen (secondary N) is 2. The minimum absolute atomic E-state index is 0.233. The van der Waals surface area contributed by atoms with E-state index in [1.807, 2.05) is 29.9 Å². The highest BCUT2D eigenvalue weighted by molar-refractivity contribution is 5.93. The molecular formula is C14H15N5O2. The monoisotopic (exact) mass is 285 g/mol. The number of carbonyl (C=O) groups excluding carboxylic acids is 1. The van der Waals surface area contributed by atoms with Gasteiger partial charge < -0.3 is 14.4 Å². The maximum Gasteiger partial charge on any atom is 0.269 e. The molecule has 3 aromatic rings. The Labute approximate surface area is 120 Å². The standard InChI is InChI=1S/C14H15N5O2/c1-9-6-10(18-21-9)8-15-14(20)12-7-11(16-17-12)13-4-3-5-19(13)2/h3-7H,8H2,1-2H3,(H,15,20)(H,16,17). The van der Waals surface area contributed by atoms with E-state index >= 15 is 0 Å². The number of hydrogen-bond acceptors (Lipinski definition) is 4. The first-order valence-corrected chi connectivity index (χ1v) is 6.51. The third-order valence-electron chi connectivity index (χ3n) is 3.14. The number of carbonyl (C=O) groups is 1. The van der Waals surface area contributed by atoms with Gasteiger partial charge in [-0.25, -0.2) is 0 Å². The molecule has 3 heterocycles. The Bertz CT molecular complexity index is 768. The Kier molecular flexibility index (Phi) is 3.31. The first-order chi connectivity index (χ1) is 10.1. The molecule has 7 nitrogen and oxygen atoms in total. The van der Waals surface area contributed by atoms with Crippen LogP contribution in [-0.2, 0) is 13.6 Å². The zero-order valence-electron chi connectivity index (χ0n) is 11.8. The van der Waals surface area contributed by atoms with Crippen molar-refractivity contribution >= 4 is 5.91 Å². The van der Waals surface area contributed by atoms with Crippen molar-refractivity contribution in [3.63, 3.8) is 0 Å². The molecule has 2 N–H and O–H groups in total. The van der Waals surface area contributed by atoms with Crippen LogP contribution >= 0.6 is 0 Å². The molecule has 1 amide bonds. The van der Waals surface area contributed by atoms with Crippen LogP contribution in [0.2, 0.25) is 0 Å². The number of aromatic nitrogens is 4. The summed E-state index contributed by atoms with van der Waals surface area (Å²) < 4.78 is 6.89. The second-order valence-electron chi connectivity index (χ2n) is 4.78. The molecule has 108 valence electrons. The van der Waals surface area contributed by atoms with Gasteiger partial charge in [-0.1, -0.05) is 5.16 Å². The Balaban J connectivity index is 1.68. The average Bonchev–Trinajstić information content (AvgIpc) is 3.16. The summed E-state index contributed by atoms with van der Waals surface area (Å²) in [5.41, 5.74) is 2.76. The van der Waals surface area contributed by atoms with E-state index in [1.165, 1.54) is 0 Å². The van der Waals surface area contributed by atoms with Crippen molar-refractivity contribution in [2.75, 3.05) is 0 Å². The van der Waals surface area contributed by atoms with Crippen LogP contribution in [0.5, 0.6) is 0 Å². The van der Waals surface area contributed by atoms with Crippen molar-refractivity contribution in [2.24, 2.45) is 7.05 Å². The van der Waals surface area contributed by atoms with Gasteiger partial charge in [-0.15, -0.1) is 0 Å². The van der Waals surface area contributed by atoms with Crippen LogP contribution in [0.3, 0.4) is 0 Å². The molecule has 3 rings (SSSR count). The lowest BCUT2D eigenvalue weighted by atomic mass is 10.2. The summed E-state index contributed by atoms with van der Waals surface area (Å²) in [6, 6.07) is 7.37. The van der Waals surface area contributed by atoms with E-state index in [0.29, 0.717) is 23.7 Å². The molecule has 0 unspecified atom stereocenters. The fourth-order valence-electron chi connectivity index (χ4n) is 2.06. The van der Waals surface area contributed by atoms with E-state index in [-0.39, 0.29) is 5.91 Å². The third kappa shape index (κ3) is 2.71. The molecule has 0 saturated carbocycles. The summed E-state index contributed by atoms with van der Waals surface area (Å²) >= 11 is 0. The molecule has 0 atom stereocenters. The zero-order valence-corrected chi connectivity index (χ0v) is 11.8. The molecule has 3 aromatic heterocycles. The Morgan fingerprint density at radius 2 is 2.33 bits per heavy atom. The first kappa shape index (κ1) is 13.2. The summed E-state index contributed by atoms with van der Waals surface area (Å²) in [4.78, 5) is 12.0. The van der Waals surface area contributed by atoms with Crippen LogP contribution in [-0.4, -0.2) is 25.8 Å². The fourth-order valence-corrected chi connectivity index (χ4v) is 2.06. The number of amides is 1. The van der Waals surface area contributed by atoms with Gasteiger partial charge in [0, 0.05) is 19.3 Å². The summed E-state index contributed by atoms with van der Waals surface area (Å²) in [6.45, 7) is 2.12. The van der Waals surface area contributed by atoms with Crippen LogP contribution in [0.25, 0.3) is 11.4 Å². The van der Waals surface area contributed by atoms with Crippen molar-refractivity contribution in [3.05, 3.63) is 47.6 Å². The van der Waals surface area contributed by atoms with Gasteiger partial charge in [0.05, 0.1) is 12.2 Å². The number of aryl methyl sites for hydroxylation is 2. The molecule has 0 aliphatic rings. The molecular weight excluding hydrogens is 270 g/mol. The predicted molar refractivity (Wildman–Crippen MR) is 75.4 cm³/mol. The zero-order chi connectivity index (χ0) is 14.8. The van der Waals surface area contributed by atoms with Crippen molar-refractivity contribution in [2.45, 2.75) is 13.5 Å². The summed E-state index contributed by atoms with van der Waals surface area (Å²) in [5, 5.41) is 13.5. The predicted octanol–water partition coefficient (Wildman–Crippen LogP) is 1.64. The van der Waals surface area contributed by atoms with Crippen molar-refractivity contribution in [3.8, 4) is 11.4 Å². The molecule has 0 spiro atoms. The first-order valence-electron chi connectivity index (χ1n) is 6.51. The quantitative estimate of drug-likeness (QED) is 0.762. The van der Waals surface area contributed by atoms with Gasteiger partial charge >= 0.3 is 0 Å². The molecule has 21 heavy (non-hydrogen) atoms. The molecule has 0 aromatic carbocycles. The largest absolute Gasteiger partial charge is 0.361 e. The number of rotatable bonds is 4. The minimum atomic E-state index is -0.233. The topological polar surface area (TPSA) is 88.7 Å². The Hall–Kier alpha value is -2.83. The van der Waals surface area contributed by atoms with Crippen LogP contribution in [0.15, 0.2) is 35.0 Å². The fraction of sp³-hybridized carbons (Fsp3) is 0.214. The second-order valence-corrected chi connectivity index (χ2v) is 4.78. The van der Waals surface area contributed by atoms with Gasteiger partial charge in [-0.3, -0.25) is 9.89 Å². The number of nitrogens with zero attached hydrogens (tertiary/aromatic N) is 3. The third-order valence-corrected chi connectivity index (χ3v) is 3.14. The number of aromatic amines is 1. The molecule has 0 radical (unpaired) electrons. The number of hydrogen-bond donors (Lipinski definition) is 2. The van der Waals surface area contributed by atoms with E-state index in [1.54, 1.807) is 19.1 Å². The van der Waals surface area contributed by atoms with Gasteiger partial charge in [0.25, 0.3) is 5.91 Å². The van der Waals surface area contributed by atoms with Gasteiger partial charge in [-0.2, -0.15) is 5.10 Å². The Morgan fingerprint density at radius 3 is 3.00 bits per heavy atom. The van der Waals surface area contributed by atoms with E-state index in [4.69, 9.17) is 4.52 Å². The van der Waals surface area contributed by atoms with E-state index in [9.17, 15) is 4.79 Å². The van der Waals surface area contributed by atoms with Crippen LogP contribution < -0.4 is 5.32 Å². The maximum atomic E-state index is 12.0. The van der Waals surface area contributed by atoms with Crippen LogP contribution in [0.1, 0.15) is 21.9 Å². The molecule has 7 heteroatoms. The van der Waals surface area contributed by atoms with Gasteiger partial charge in [0.1, 0.15) is 22.8 Å². The highest BCUT2D eigenvalue weighted by Crippen LogP contribution is 2.17. The summed E-state index contributed by atoms with van der Waals surface area (Å²) in [7, 11) is 1.93. The highest BCUT2D eigenvalue weighted by Gasteiger charge is 2.12. The van der Waals surface area contributed by atoms with E-state index in [2.05, 4.69) is 20.7 Å². The lowest BCUT2D eigenvalue weighted by Crippen LogP contribution is -2.23. The summed E-state index contributed by atoms with van der Waals surface area (Å²) in [6.07, 6.45) is 1.93. The van der Waals surface area contributed by atoms with E-state index in [0.717, 1.165) is 11.4 Å². The maximum absolute atomic E-state index is 12.0. The van der Waals surface area contributed by atoms with Crippen molar-refractivity contribution in [1.82, 2.24) is 25.2 Å². The molecule has 0 saturated heterocycles. The van der Waals surface area contributed by atoms with Gasteiger partial charge in [-0.05, 0) is 25.1 Å². The lowest BCUT2D eigenvalue weighted by molar-refractivity contribution is 0.0945. The summed E-state index contributed by atoms with van der Waals surface area (Å²) in [5.74, 6) is 0.482.